The van der Waals surface area contributed by atoms with Gasteiger partial charge >= 0.3 is 5.97 Å². The predicted octanol–water partition coefficient (Wildman–Crippen LogP) is 1.45. The highest BCUT2D eigenvalue weighted by Gasteiger charge is 2.31. The number of likely N-dealkylation sites (N-methyl/N-ethyl adjacent to an activating group) is 1. The van der Waals surface area contributed by atoms with E-state index in [4.69, 9.17) is 21.2 Å². The number of halogens is 1. The monoisotopic (exact) mass is 230 g/mol. The number of hydrogen-bond donors (Lipinski definition) is 1. The minimum atomic E-state index is -1.08. The van der Waals surface area contributed by atoms with Crippen LogP contribution in [0, 0.1) is 0 Å². The Morgan fingerprint density at radius 1 is 1.73 bits per heavy atom. The molecule has 1 aromatic heterocycles. The molecule has 1 atom stereocenters. The molecule has 0 radical (unpaired) electrons. The number of rotatable bonds is 2. The van der Waals surface area contributed by atoms with Crippen molar-refractivity contribution in [3.05, 3.63) is 16.5 Å². The molecule has 2 heterocycles. The van der Waals surface area contributed by atoms with Crippen LogP contribution in [0.5, 0.6) is 0 Å². The highest BCUT2D eigenvalue weighted by atomic mass is 35.5. The fraction of sp³-hybridized carbons (Fsp3) is 0.556. The lowest BCUT2D eigenvalue weighted by Gasteiger charge is -2.07. The number of likely N-dealkylation sites (tertiary alicyclic amines) is 1. The van der Waals surface area contributed by atoms with Gasteiger partial charge in [-0.2, -0.15) is 0 Å². The lowest BCUT2D eigenvalue weighted by atomic mass is 10.0. The highest BCUT2D eigenvalue weighted by Crippen LogP contribution is 2.32. The number of aromatic nitrogens is 1. The first-order valence-electron chi connectivity index (χ1n) is 4.66. The molecule has 2 rings (SSSR count). The van der Waals surface area contributed by atoms with Gasteiger partial charge in [-0.05, 0) is 20.0 Å². The summed E-state index contributed by atoms with van der Waals surface area (Å²) < 4.78 is 5.00. The van der Waals surface area contributed by atoms with E-state index in [0.29, 0.717) is 5.76 Å². The van der Waals surface area contributed by atoms with E-state index >= 15 is 0 Å². The molecule has 0 aliphatic carbocycles. The van der Waals surface area contributed by atoms with Crippen LogP contribution in [-0.2, 0) is 0 Å². The van der Waals surface area contributed by atoms with Crippen molar-refractivity contribution in [2.45, 2.75) is 12.3 Å². The van der Waals surface area contributed by atoms with Gasteiger partial charge in [0.05, 0.1) is 0 Å². The van der Waals surface area contributed by atoms with Crippen LogP contribution in [0.1, 0.15) is 28.5 Å². The molecule has 82 valence electrons. The Morgan fingerprint density at radius 2 is 2.47 bits per heavy atom. The maximum absolute atomic E-state index is 10.9. The fourth-order valence-corrected chi connectivity index (χ4v) is 2.11. The van der Waals surface area contributed by atoms with Crippen LogP contribution >= 0.6 is 11.6 Å². The van der Waals surface area contributed by atoms with Crippen molar-refractivity contribution in [1.82, 2.24) is 10.1 Å². The maximum Gasteiger partial charge on any atom is 0.342 e. The molecule has 1 fully saturated rings. The van der Waals surface area contributed by atoms with Crippen molar-refractivity contribution < 1.29 is 14.4 Å². The van der Waals surface area contributed by atoms with Gasteiger partial charge in [0.15, 0.2) is 10.9 Å². The second kappa shape index (κ2) is 3.83. The van der Waals surface area contributed by atoms with E-state index in [-0.39, 0.29) is 16.6 Å². The summed E-state index contributed by atoms with van der Waals surface area (Å²) >= 11 is 5.66. The molecule has 0 bridgehead atoms. The van der Waals surface area contributed by atoms with Gasteiger partial charge in [0.25, 0.3) is 0 Å². The lowest BCUT2D eigenvalue weighted by Crippen LogP contribution is -2.14. The molecule has 0 aromatic carbocycles. The summed E-state index contributed by atoms with van der Waals surface area (Å²) in [5.41, 5.74) is 0.0111. The Morgan fingerprint density at radius 3 is 3.00 bits per heavy atom. The molecule has 1 unspecified atom stereocenters. The van der Waals surface area contributed by atoms with Crippen molar-refractivity contribution in [1.29, 1.82) is 0 Å². The molecule has 6 heteroatoms. The van der Waals surface area contributed by atoms with Crippen molar-refractivity contribution in [3.63, 3.8) is 0 Å². The zero-order valence-corrected chi connectivity index (χ0v) is 8.99. The number of carboxylic acids is 1. The van der Waals surface area contributed by atoms with E-state index < -0.39 is 5.97 Å². The number of aromatic carboxylic acids is 1. The Kier molecular flexibility index (Phi) is 2.67. The van der Waals surface area contributed by atoms with Crippen LogP contribution in [0.2, 0.25) is 5.15 Å². The van der Waals surface area contributed by atoms with E-state index in [9.17, 15) is 4.79 Å². The molecule has 1 aliphatic heterocycles. The van der Waals surface area contributed by atoms with Crippen LogP contribution in [-0.4, -0.2) is 41.3 Å². The number of carbonyl (C=O) groups is 1. The summed E-state index contributed by atoms with van der Waals surface area (Å²) in [5, 5.41) is 12.4. The molecule has 0 saturated carbocycles. The van der Waals surface area contributed by atoms with Crippen LogP contribution in [0.15, 0.2) is 4.52 Å². The number of carboxylic acid groups (broad SMARTS) is 1. The van der Waals surface area contributed by atoms with Gasteiger partial charge in [-0.1, -0.05) is 16.8 Å². The van der Waals surface area contributed by atoms with Gasteiger partial charge in [-0.15, -0.1) is 0 Å². The first kappa shape index (κ1) is 10.4. The maximum atomic E-state index is 10.9. The molecule has 5 nitrogen and oxygen atoms in total. The quantitative estimate of drug-likeness (QED) is 0.833. The van der Waals surface area contributed by atoms with Crippen molar-refractivity contribution in [3.8, 4) is 0 Å². The van der Waals surface area contributed by atoms with Crippen LogP contribution in [0.4, 0.5) is 0 Å². The Labute approximate surface area is 91.6 Å². The van der Waals surface area contributed by atoms with Crippen LogP contribution in [0.25, 0.3) is 0 Å². The van der Waals surface area contributed by atoms with Crippen molar-refractivity contribution in [2.75, 3.05) is 20.1 Å². The smallest absolute Gasteiger partial charge is 0.342 e. The topological polar surface area (TPSA) is 66.6 Å². The first-order valence-corrected chi connectivity index (χ1v) is 5.04. The van der Waals surface area contributed by atoms with Gasteiger partial charge in [0, 0.05) is 12.5 Å². The largest absolute Gasteiger partial charge is 0.477 e. The molecular formula is C9H11ClN2O3. The Hall–Kier alpha value is -1.07. The summed E-state index contributed by atoms with van der Waals surface area (Å²) in [7, 11) is 1.98. The first-order chi connectivity index (χ1) is 7.09. The van der Waals surface area contributed by atoms with Gasteiger partial charge in [0.1, 0.15) is 5.56 Å². The second-order valence-corrected chi connectivity index (χ2v) is 4.12. The summed E-state index contributed by atoms with van der Waals surface area (Å²) in [6.45, 7) is 1.72. The SMILES string of the molecule is CN1CCC(c2onc(Cl)c2C(=O)O)C1. The molecule has 1 aliphatic rings. The number of nitrogens with zero attached hydrogens (tertiary/aromatic N) is 2. The molecular weight excluding hydrogens is 220 g/mol. The lowest BCUT2D eigenvalue weighted by molar-refractivity contribution is 0.0694. The van der Waals surface area contributed by atoms with Gasteiger partial charge in [-0.3, -0.25) is 0 Å². The van der Waals surface area contributed by atoms with Crippen LogP contribution in [0.3, 0.4) is 0 Å². The van der Waals surface area contributed by atoms with E-state index in [0.717, 1.165) is 19.5 Å². The van der Waals surface area contributed by atoms with Gasteiger partial charge < -0.3 is 14.5 Å². The average molecular weight is 231 g/mol. The van der Waals surface area contributed by atoms with Gasteiger partial charge in [-0.25, -0.2) is 4.79 Å². The summed E-state index contributed by atoms with van der Waals surface area (Å²) in [6, 6.07) is 0. The number of hydrogen-bond acceptors (Lipinski definition) is 4. The van der Waals surface area contributed by atoms with Crippen molar-refractivity contribution in [2.24, 2.45) is 0 Å². The summed E-state index contributed by atoms with van der Waals surface area (Å²) in [6.07, 6.45) is 0.877. The average Bonchev–Trinajstić information content (AvgIpc) is 2.71. The zero-order valence-electron chi connectivity index (χ0n) is 8.23. The van der Waals surface area contributed by atoms with E-state index in [1.165, 1.54) is 0 Å². The molecule has 0 amide bonds. The third-order valence-electron chi connectivity index (χ3n) is 2.65. The predicted molar refractivity (Wildman–Crippen MR) is 53.3 cm³/mol. The molecule has 1 aromatic rings. The Bertz CT molecular complexity index is 391. The molecule has 1 saturated heterocycles. The van der Waals surface area contributed by atoms with Crippen LogP contribution < -0.4 is 0 Å². The highest BCUT2D eigenvalue weighted by molar-refractivity contribution is 6.32. The molecule has 15 heavy (non-hydrogen) atoms. The zero-order chi connectivity index (χ0) is 11.0. The minimum Gasteiger partial charge on any atom is -0.477 e. The Balaban J connectivity index is 2.32. The minimum absolute atomic E-state index is 0.0111. The fourth-order valence-electron chi connectivity index (χ4n) is 1.90. The normalized spacial score (nSPS) is 22.1. The molecule has 0 spiro atoms. The van der Waals surface area contributed by atoms with Gasteiger partial charge in [0.2, 0.25) is 0 Å². The molecule has 1 N–H and O–H groups in total. The van der Waals surface area contributed by atoms with Crippen molar-refractivity contribution >= 4 is 17.6 Å². The van der Waals surface area contributed by atoms with E-state index in [2.05, 4.69) is 10.1 Å². The third-order valence-corrected chi connectivity index (χ3v) is 2.91. The standard InChI is InChI=1S/C9H11ClN2O3/c1-12-3-2-5(4-12)7-6(9(13)14)8(10)11-15-7/h5H,2-4H2,1H3,(H,13,14). The summed E-state index contributed by atoms with van der Waals surface area (Å²) in [4.78, 5) is 13.1. The second-order valence-electron chi connectivity index (χ2n) is 3.77. The third kappa shape index (κ3) is 1.85. The van der Waals surface area contributed by atoms with E-state index in [1.54, 1.807) is 0 Å². The van der Waals surface area contributed by atoms with E-state index in [1.807, 2.05) is 7.05 Å². The summed E-state index contributed by atoms with van der Waals surface area (Å²) in [5.74, 6) is -0.594.